The lowest BCUT2D eigenvalue weighted by Crippen LogP contribution is -2.20. The van der Waals surface area contributed by atoms with E-state index in [2.05, 4.69) is 5.10 Å². The lowest BCUT2D eigenvalue weighted by molar-refractivity contribution is 0.0697. The van der Waals surface area contributed by atoms with Gasteiger partial charge in [0.15, 0.2) is 0 Å². The second-order valence-corrected chi connectivity index (χ2v) is 3.71. The van der Waals surface area contributed by atoms with Crippen LogP contribution in [-0.2, 0) is 0 Å². The third-order valence-corrected chi connectivity index (χ3v) is 2.43. The van der Waals surface area contributed by atoms with Gasteiger partial charge >= 0.3 is 5.97 Å². The monoisotopic (exact) mass is 260 g/mol. The highest BCUT2D eigenvalue weighted by molar-refractivity contribution is 5.87. The summed E-state index contributed by atoms with van der Waals surface area (Å²) in [6.07, 6.45) is 0. The van der Waals surface area contributed by atoms with Crippen LogP contribution in [-0.4, -0.2) is 27.5 Å². The van der Waals surface area contributed by atoms with Crippen molar-refractivity contribution in [3.63, 3.8) is 0 Å². The number of aromatic carboxylic acids is 1. The number of carbonyl (C=O) groups is 1. The van der Waals surface area contributed by atoms with Crippen LogP contribution in [0.1, 0.15) is 17.3 Å². The van der Waals surface area contributed by atoms with Gasteiger partial charge in [0.05, 0.1) is 17.9 Å². The normalized spacial score (nSPS) is 10.2. The van der Waals surface area contributed by atoms with Crippen LogP contribution in [0, 0.1) is 0 Å². The number of benzene rings is 1. The van der Waals surface area contributed by atoms with Gasteiger partial charge in [-0.3, -0.25) is 4.79 Å². The molecule has 1 N–H and O–H groups in total. The minimum atomic E-state index is -1.02. The summed E-state index contributed by atoms with van der Waals surface area (Å²) in [5, 5.41) is 12.9. The molecule has 0 bridgehead atoms. The number of ether oxygens (including phenoxy) is 1. The lowest BCUT2D eigenvalue weighted by Gasteiger charge is -2.07. The van der Waals surface area contributed by atoms with Gasteiger partial charge in [-0.2, -0.15) is 4.68 Å². The summed E-state index contributed by atoms with van der Waals surface area (Å²) in [6, 6.07) is 8.72. The van der Waals surface area contributed by atoms with Crippen LogP contribution in [0.25, 0.3) is 5.69 Å². The van der Waals surface area contributed by atoms with Crippen molar-refractivity contribution in [1.29, 1.82) is 0 Å². The van der Waals surface area contributed by atoms with Crippen LogP contribution in [0.3, 0.4) is 0 Å². The van der Waals surface area contributed by atoms with E-state index in [9.17, 15) is 9.59 Å². The Kier molecular flexibility index (Phi) is 3.61. The number of carboxylic acid groups (broad SMARTS) is 1. The molecule has 0 aliphatic carbocycles. The molecule has 1 aromatic heterocycles. The van der Waals surface area contributed by atoms with E-state index >= 15 is 0 Å². The van der Waals surface area contributed by atoms with E-state index in [0.717, 1.165) is 4.68 Å². The molecule has 0 amide bonds. The first kappa shape index (κ1) is 12.8. The summed E-state index contributed by atoms with van der Waals surface area (Å²) in [7, 11) is 0. The van der Waals surface area contributed by atoms with Crippen LogP contribution >= 0.6 is 0 Å². The molecule has 98 valence electrons. The van der Waals surface area contributed by atoms with Crippen molar-refractivity contribution >= 4 is 5.97 Å². The first-order chi connectivity index (χ1) is 9.11. The van der Waals surface area contributed by atoms with Gasteiger partial charge in [-0.05, 0) is 31.2 Å². The molecule has 0 aliphatic heterocycles. The molecule has 2 rings (SSSR count). The highest BCUT2D eigenvalue weighted by Crippen LogP contribution is 2.09. The largest absolute Gasteiger partial charge is 0.478 e. The summed E-state index contributed by atoms with van der Waals surface area (Å²) >= 11 is 0. The van der Waals surface area contributed by atoms with Crippen LogP contribution < -0.4 is 10.3 Å². The topological polar surface area (TPSA) is 81.4 Å². The van der Waals surface area contributed by atoms with E-state index in [1.165, 1.54) is 36.4 Å². The Morgan fingerprint density at radius 3 is 2.53 bits per heavy atom. The van der Waals surface area contributed by atoms with Crippen molar-refractivity contribution in [2.24, 2.45) is 0 Å². The van der Waals surface area contributed by atoms with E-state index < -0.39 is 5.97 Å². The van der Waals surface area contributed by atoms with Crippen LogP contribution in [0.4, 0.5) is 0 Å². The van der Waals surface area contributed by atoms with E-state index in [4.69, 9.17) is 9.84 Å². The van der Waals surface area contributed by atoms with Crippen molar-refractivity contribution in [3.05, 3.63) is 52.3 Å². The molecule has 6 heteroatoms. The molecule has 1 aromatic carbocycles. The second kappa shape index (κ2) is 5.34. The van der Waals surface area contributed by atoms with Crippen LogP contribution in [0.2, 0.25) is 0 Å². The Labute approximate surface area is 108 Å². The van der Waals surface area contributed by atoms with E-state index in [0.29, 0.717) is 18.2 Å². The molecule has 0 radical (unpaired) electrons. The van der Waals surface area contributed by atoms with Crippen molar-refractivity contribution in [3.8, 4) is 11.6 Å². The average Bonchev–Trinajstić information content (AvgIpc) is 2.41. The van der Waals surface area contributed by atoms with Gasteiger partial charge in [0.2, 0.25) is 5.88 Å². The van der Waals surface area contributed by atoms with Gasteiger partial charge in [-0.15, -0.1) is 5.10 Å². The molecule has 19 heavy (non-hydrogen) atoms. The molecule has 0 fully saturated rings. The molecule has 0 unspecified atom stereocenters. The number of nitrogens with zero attached hydrogens (tertiary/aromatic N) is 2. The fourth-order valence-corrected chi connectivity index (χ4v) is 1.55. The quantitative estimate of drug-likeness (QED) is 0.896. The lowest BCUT2D eigenvalue weighted by atomic mass is 10.2. The Morgan fingerprint density at radius 2 is 1.95 bits per heavy atom. The number of rotatable bonds is 4. The summed E-state index contributed by atoms with van der Waals surface area (Å²) in [5.41, 5.74) is 0.320. The molecular weight excluding hydrogens is 248 g/mol. The predicted octanol–water partition coefficient (Wildman–Crippen LogP) is 1.33. The first-order valence-electron chi connectivity index (χ1n) is 5.68. The van der Waals surface area contributed by atoms with Crippen molar-refractivity contribution < 1.29 is 14.6 Å². The second-order valence-electron chi connectivity index (χ2n) is 3.71. The number of hydrogen-bond donors (Lipinski definition) is 1. The highest BCUT2D eigenvalue weighted by Gasteiger charge is 2.06. The van der Waals surface area contributed by atoms with Gasteiger partial charge in [0.1, 0.15) is 0 Å². The zero-order chi connectivity index (χ0) is 13.8. The Bertz CT molecular complexity index is 646. The average molecular weight is 260 g/mol. The van der Waals surface area contributed by atoms with Gasteiger partial charge in [-0.25, -0.2) is 4.79 Å². The standard InChI is InChI=1S/C13H12N2O4/c1-2-19-11-7-8-12(16)15(14-11)10-5-3-9(4-6-10)13(17)18/h3-8H,2H2,1H3,(H,17,18). The van der Waals surface area contributed by atoms with E-state index in [1.54, 1.807) is 0 Å². The zero-order valence-electron chi connectivity index (χ0n) is 10.2. The number of aromatic nitrogens is 2. The molecule has 1 heterocycles. The molecule has 0 spiro atoms. The van der Waals surface area contributed by atoms with Crippen molar-refractivity contribution in [2.45, 2.75) is 6.92 Å². The van der Waals surface area contributed by atoms with Crippen molar-refractivity contribution in [2.75, 3.05) is 6.61 Å². The Hall–Kier alpha value is -2.63. The fraction of sp³-hybridized carbons (Fsp3) is 0.154. The molecule has 6 nitrogen and oxygen atoms in total. The third kappa shape index (κ3) is 2.79. The predicted molar refractivity (Wildman–Crippen MR) is 68.0 cm³/mol. The zero-order valence-corrected chi connectivity index (χ0v) is 10.2. The van der Waals surface area contributed by atoms with E-state index in [1.807, 2.05) is 6.92 Å². The maximum absolute atomic E-state index is 11.7. The van der Waals surface area contributed by atoms with E-state index in [-0.39, 0.29) is 11.1 Å². The molecule has 0 saturated heterocycles. The summed E-state index contributed by atoms with van der Waals surface area (Å²) < 4.78 is 6.38. The minimum absolute atomic E-state index is 0.151. The minimum Gasteiger partial charge on any atom is -0.478 e. The highest BCUT2D eigenvalue weighted by atomic mass is 16.5. The van der Waals surface area contributed by atoms with Crippen LogP contribution in [0.5, 0.6) is 5.88 Å². The van der Waals surface area contributed by atoms with Gasteiger partial charge in [0, 0.05) is 12.1 Å². The summed E-state index contributed by atoms with van der Waals surface area (Å²) in [6.45, 7) is 2.27. The maximum Gasteiger partial charge on any atom is 0.335 e. The van der Waals surface area contributed by atoms with Gasteiger partial charge < -0.3 is 9.84 Å². The molecule has 0 saturated carbocycles. The summed E-state index contributed by atoms with van der Waals surface area (Å²) in [5.74, 6) is -0.681. The number of carboxylic acids is 1. The molecule has 0 atom stereocenters. The maximum atomic E-state index is 11.7. The number of hydrogen-bond acceptors (Lipinski definition) is 4. The van der Waals surface area contributed by atoms with Crippen molar-refractivity contribution in [1.82, 2.24) is 9.78 Å². The van der Waals surface area contributed by atoms with Crippen LogP contribution in [0.15, 0.2) is 41.2 Å². The first-order valence-corrected chi connectivity index (χ1v) is 5.68. The van der Waals surface area contributed by atoms with Gasteiger partial charge in [-0.1, -0.05) is 0 Å². The smallest absolute Gasteiger partial charge is 0.335 e. The SMILES string of the molecule is CCOc1ccc(=O)n(-c2ccc(C(=O)O)cc2)n1. The third-order valence-electron chi connectivity index (χ3n) is 2.43. The molecule has 2 aromatic rings. The van der Waals surface area contributed by atoms with Gasteiger partial charge in [0.25, 0.3) is 5.56 Å². The molecular formula is C13H12N2O4. The summed E-state index contributed by atoms with van der Waals surface area (Å²) in [4.78, 5) is 22.5. The molecule has 0 aliphatic rings. The fourth-order valence-electron chi connectivity index (χ4n) is 1.55. The Morgan fingerprint density at radius 1 is 1.26 bits per heavy atom. The Balaban J connectivity index is 2.43.